The van der Waals surface area contributed by atoms with E-state index < -0.39 is 29.1 Å². The molecule has 1 aliphatic carbocycles. The highest BCUT2D eigenvalue weighted by molar-refractivity contribution is 5.96. The maximum atomic E-state index is 13.6. The van der Waals surface area contributed by atoms with Gasteiger partial charge in [0.25, 0.3) is 0 Å². The van der Waals surface area contributed by atoms with Gasteiger partial charge in [0.2, 0.25) is 5.91 Å². The first-order valence-corrected chi connectivity index (χ1v) is 8.50. The quantitative estimate of drug-likeness (QED) is 0.835. The van der Waals surface area contributed by atoms with Crippen LogP contribution in [0.4, 0.5) is 19.3 Å². The van der Waals surface area contributed by atoms with Crippen LogP contribution in [0.25, 0.3) is 0 Å². The van der Waals surface area contributed by atoms with Crippen LogP contribution in [0.2, 0.25) is 0 Å². The minimum absolute atomic E-state index is 0.107. The molecule has 10 heteroatoms. The molecule has 2 aromatic rings. The second-order valence-electron chi connectivity index (χ2n) is 6.61. The summed E-state index contributed by atoms with van der Waals surface area (Å²) in [5.74, 6) is -2.19. The van der Waals surface area contributed by atoms with Crippen LogP contribution in [0.15, 0.2) is 24.4 Å². The lowest BCUT2D eigenvalue weighted by Crippen LogP contribution is -2.51. The lowest BCUT2D eigenvalue weighted by atomic mass is 10.0. The molecule has 1 spiro atoms. The van der Waals surface area contributed by atoms with E-state index in [1.54, 1.807) is 6.07 Å². The monoisotopic (exact) mass is 384 g/mol. The smallest absolute Gasteiger partial charge is 0.323 e. The summed E-state index contributed by atoms with van der Waals surface area (Å²) in [6.07, 6.45) is 2.10. The summed E-state index contributed by atoms with van der Waals surface area (Å²) in [6, 6.07) is 5.34. The van der Waals surface area contributed by atoms with Gasteiger partial charge in [-0.1, -0.05) is 0 Å². The number of carbonyl (C=O) groups is 2. The van der Waals surface area contributed by atoms with E-state index in [9.17, 15) is 18.4 Å². The average Bonchev–Trinajstić information content (AvgIpc) is 3.46. The number of amides is 3. The number of urea groups is 1. The number of aromatic nitrogens is 2. The number of fused-ring (bicyclic) bond motifs is 2. The van der Waals surface area contributed by atoms with Gasteiger partial charge in [0.15, 0.2) is 0 Å². The van der Waals surface area contributed by atoms with Crippen LogP contribution in [-0.2, 0) is 16.9 Å². The molecule has 2 aromatic heterocycles. The fourth-order valence-electron chi connectivity index (χ4n) is 3.28. The molecule has 2 N–H and O–H groups in total. The molecule has 3 amide bonds. The zero-order valence-electron chi connectivity index (χ0n) is 14.5. The van der Waals surface area contributed by atoms with Crippen molar-refractivity contribution < 1.29 is 18.4 Å². The molecule has 0 unspecified atom stereocenters. The Labute approximate surface area is 158 Å². The van der Waals surface area contributed by atoms with E-state index in [2.05, 4.69) is 20.6 Å². The minimum Gasteiger partial charge on any atom is -0.349 e. The number of nitrogens with zero attached hydrogens (tertiary/aromatic N) is 4. The maximum Gasteiger partial charge on any atom is 0.323 e. The maximum absolute atomic E-state index is 13.6. The Morgan fingerprint density at radius 2 is 2.18 bits per heavy atom. The summed E-state index contributed by atoms with van der Waals surface area (Å²) in [7, 11) is 0. The number of carbonyl (C=O) groups excluding carboxylic acids is 2. The highest BCUT2D eigenvalue weighted by Gasteiger charge is 2.57. The van der Waals surface area contributed by atoms with Gasteiger partial charge < -0.3 is 15.5 Å². The molecule has 1 aliphatic heterocycles. The lowest BCUT2D eigenvalue weighted by molar-refractivity contribution is -0.122. The van der Waals surface area contributed by atoms with Crippen LogP contribution < -0.4 is 10.6 Å². The van der Waals surface area contributed by atoms with Crippen LogP contribution in [0.3, 0.4) is 0 Å². The summed E-state index contributed by atoms with van der Waals surface area (Å²) >= 11 is 0. The number of anilines is 1. The van der Waals surface area contributed by atoms with Crippen LogP contribution >= 0.6 is 0 Å². The zero-order valence-corrected chi connectivity index (χ0v) is 14.5. The Hall–Kier alpha value is -3.61. The van der Waals surface area contributed by atoms with Crippen molar-refractivity contribution in [2.24, 2.45) is 0 Å². The van der Waals surface area contributed by atoms with E-state index in [0.29, 0.717) is 30.3 Å². The molecule has 3 heterocycles. The number of halogens is 2. The number of pyridine rings is 2. The summed E-state index contributed by atoms with van der Waals surface area (Å²) in [5, 5.41) is 14.2. The Kier molecular flexibility index (Phi) is 4.15. The van der Waals surface area contributed by atoms with Crippen molar-refractivity contribution in [1.29, 1.82) is 5.26 Å². The third-order valence-corrected chi connectivity index (χ3v) is 4.82. The standard InChI is InChI=1S/C18H14F2N6O2/c19-10-5-12(20)14(22-7-10)8-23-15(27)9-26-17(28)25-13-2-1-11(6-21)24-16(13)18(26)3-4-18/h1-2,5,7H,3-4,8-9H2,(H,23,27)(H,25,28). The normalized spacial score (nSPS) is 16.2. The van der Waals surface area contributed by atoms with Gasteiger partial charge in [-0.25, -0.2) is 18.6 Å². The van der Waals surface area contributed by atoms with Crippen LogP contribution in [-0.4, -0.2) is 33.4 Å². The molecule has 0 bridgehead atoms. The fraction of sp³-hybridized carbons (Fsp3) is 0.278. The first kappa shape index (κ1) is 17.8. The highest BCUT2D eigenvalue weighted by Crippen LogP contribution is 2.54. The topological polar surface area (TPSA) is 111 Å². The summed E-state index contributed by atoms with van der Waals surface area (Å²) in [4.78, 5) is 34.1. The molecule has 1 saturated carbocycles. The zero-order chi connectivity index (χ0) is 19.9. The van der Waals surface area contributed by atoms with E-state index >= 15 is 0 Å². The van der Waals surface area contributed by atoms with Crippen molar-refractivity contribution in [3.8, 4) is 6.07 Å². The van der Waals surface area contributed by atoms with Crippen molar-refractivity contribution in [1.82, 2.24) is 20.2 Å². The largest absolute Gasteiger partial charge is 0.349 e. The van der Waals surface area contributed by atoms with E-state index in [1.165, 1.54) is 11.0 Å². The first-order chi connectivity index (χ1) is 13.4. The number of rotatable bonds is 4. The number of nitriles is 1. The van der Waals surface area contributed by atoms with Gasteiger partial charge in [0.1, 0.15) is 29.9 Å². The molecular weight excluding hydrogens is 370 g/mol. The van der Waals surface area contributed by atoms with Gasteiger partial charge in [0.05, 0.1) is 35.4 Å². The first-order valence-electron chi connectivity index (χ1n) is 8.50. The number of nitrogens with one attached hydrogen (secondary N) is 2. The van der Waals surface area contributed by atoms with Gasteiger partial charge in [0, 0.05) is 6.07 Å². The molecule has 4 rings (SSSR count). The molecule has 8 nitrogen and oxygen atoms in total. The Balaban J connectivity index is 1.49. The van der Waals surface area contributed by atoms with E-state index in [1.807, 2.05) is 6.07 Å². The Morgan fingerprint density at radius 1 is 1.39 bits per heavy atom. The van der Waals surface area contributed by atoms with Crippen LogP contribution in [0, 0.1) is 23.0 Å². The van der Waals surface area contributed by atoms with Crippen LogP contribution in [0.1, 0.15) is 29.9 Å². The Morgan fingerprint density at radius 3 is 2.86 bits per heavy atom. The van der Waals surface area contributed by atoms with Crippen molar-refractivity contribution >= 4 is 17.6 Å². The van der Waals surface area contributed by atoms with Crippen molar-refractivity contribution in [3.05, 3.63) is 53.1 Å². The second kappa shape index (κ2) is 6.53. The molecule has 0 aromatic carbocycles. The predicted octanol–water partition coefficient (Wildman–Crippen LogP) is 1.78. The van der Waals surface area contributed by atoms with E-state index in [4.69, 9.17) is 5.26 Å². The van der Waals surface area contributed by atoms with Gasteiger partial charge in [-0.05, 0) is 25.0 Å². The summed E-state index contributed by atoms with van der Waals surface area (Å²) in [6.45, 7) is -0.507. The molecule has 142 valence electrons. The molecule has 0 saturated heterocycles. The van der Waals surface area contributed by atoms with Crippen molar-refractivity contribution in [2.75, 3.05) is 11.9 Å². The molecule has 2 aliphatic rings. The second-order valence-corrected chi connectivity index (χ2v) is 6.61. The van der Waals surface area contributed by atoms with Crippen LogP contribution in [0.5, 0.6) is 0 Å². The third-order valence-electron chi connectivity index (χ3n) is 4.82. The van der Waals surface area contributed by atoms with Gasteiger partial charge >= 0.3 is 6.03 Å². The SMILES string of the molecule is N#Cc1ccc2c(n1)C1(CC1)N(CC(=O)NCc1ncc(F)cc1F)C(=O)N2. The summed E-state index contributed by atoms with van der Waals surface area (Å²) < 4.78 is 26.5. The van der Waals surface area contributed by atoms with Crippen molar-refractivity contribution in [2.45, 2.75) is 24.9 Å². The van der Waals surface area contributed by atoms with Gasteiger partial charge in [-0.2, -0.15) is 5.26 Å². The van der Waals surface area contributed by atoms with Crippen molar-refractivity contribution in [3.63, 3.8) is 0 Å². The van der Waals surface area contributed by atoms with E-state index in [0.717, 1.165) is 6.20 Å². The number of hydrogen-bond donors (Lipinski definition) is 2. The average molecular weight is 384 g/mol. The third kappa shape index (κ3) is 3.00. The van der Waals surface area contributed by atoms with E-state index in [-0.39, 0.29) is 24.5 Å². The number of hydrogen-bond acceptors (Lipinski definition) is 5. The highest BCUT2D eigenvalue weighted by atomic mass is 19.1. The lowest BCUT2D eigenvalue weighted by Gasteiger charge is -2.36. The predicted molar refractivity (Wildman–Crippen MR) is 91.6 cm³/mol. The van der Waals surface area contributed by atoms with Gasteiger partial charge in [-0.3, -0.25) is 9.78 Å². The molecule has 1 fully saturated rings. The molecule has 28 heavy (non-hydrogen) atoms. The molecule has 0 radical (unpaired) electrons. The summed E-state index contributed by atoms with van der Waals surface area (Å²) in [5.41, 5.74) is 0.482. The fourth-order valence-corrected chi connectivity index (χ4v) is 3.28. The minimum atomic E-state index is -0.864. The molecular formula is C18H14F2N6O2. The van der Waals surface area contributed by atoms with Gasteiger partial charge in [-0.15, -0.1) is 0 Å². The molecule has 0 atom stereocenters. The Bertz CT molecular complexity index is 1030.